The van der Waals surface area contributed by atoms with Crippen molar-refractivity contribution < 1.29 is 9.53 Å². The van der Waals surface area contributed by atoms with Gasteiger partial charge in [0.2, 0.25) is 0 Å². The molecule has 5 heteroatoms. The third-order valence-corrected chi connectivity index (χ3v) is 3.79. The Kier molecular flexibility index (Phi) is 5.87. The maximum atomic E-state index is 12.6. The van der Waals surface area contributed by atoms with Gasteiger partial charge in [-0.3, -0.25) is 0 Å². The molecule has 0 saturated carbocycles. The van der Waals surface area contributed by atoms with Crippen LogP contribution in [0.5, 0.6) is 5.75 Å². The summed E-state index contributed by atoms with van der Waals surface area (Å²) in [5.41, 5.74) is 0.717. The monoisotopic (exact) mass is 291 g/mol. The highest BCUT2D eigenvalue weighted by Gasteiger charge is 2.25. The molecule has 0 bridgehead atoms. The molecule has 2 N–H and O–H groups in total. The van der Waals surface area contributed by atoms with Gasteiger partial charge in [-0.05, 0) is 37.9 Å². The average molecular weight is 291 g/mol. The minimum absolute atomic E-state index is 0.0462. The number of anilines is 1. The summed E-state index contributed by atoms with van der Waals surface area (Å²) >= 11 is 0. The number of carbonyl (C=O) groups is 1. The normalized spacial score (nSPS) is 18.1. The molecule has 21 heavy (non-hydrogen) atoms. The van der Waals surface area contributed by atoms with E-state index >= 15 is 0 Å². The average Bonchev–Trinajstić information content (AvgIpc) is 2.53. The van der Waals surface area contributed by atoms with E-state index in [0.29, 0.717) is 5.75 Å². The largest absolute Gasteiger partial charge is 0.495 e. The van der Waals surface area contributed by atoms with Crippen LogP contribution in [0.2, 0.25) is 0 Å². The second kappa shape index (κ2) is 7.88. The lowest BCUT2D eigenvalue weighted by molar-refractivity contribution is 0.173. The van der Waals surface area contributed by atoms with Crippen molar-refractivity contribution in [2.24, 2.45) is 0 Å². The second-order valence-corrected chi connectivity index (χ2v) is 5.32. The number of piperidine rings is 1. The van der Waals surface area contributed by atoms with Gasteiger partial charge in [0.25, 0.3) is 0 Å². The van der Waals surface area contributed by atoms with E-state index in [4.69, 9.17) is 4.74 Å². The van der Waals surface area contributed by atoms with Crippen LogP contribution in [0, 0.1) is 0 Å². The van der Waals surface area contributed by atoms with E-state index in [0.717, 1.165) is 44.6 Å². The highest BCUT2D eigenvalue weighted by atomic mass is 16.5. The molecule has 5 nitrogen and oxygen atoms in total. The van der Waals surface area contributed by atoms with Crippen LogP contribution in [-0.2, 0) is 0 Å². The summed E-state index contributed by atoms with van der Waals surface area (Å²) in [5, 5.41) is 6.35. The highest BCUT2D eigenvalue weighted by Crippen LogP contribution is 2.24. The van der Waals surface area contributed by atoms with Crippen LogP contribution in [0.4, 0.5) is 10.5 Å². The fourth-order valence-corrected chi connectivity index (χ4v) is 2.73. The van der Waals surface area contributed by atoms with Gasteiger partial charge in [-0.1, -0.05) is 19.1 Å². The Hall–Kier alpha value is -1.75. The summed E-state index contributed by atoms with van der Waals surface area (Å²) < 4.78 is 5.29. The molecule has 1 heterocycles. The Morgan fingerprint density at radius 1 is 1.48 bits per heavy atom. The van der Waals surface area contributed by atoms with Crippen molar-refractivity contribution in [2.75, 3.05) is 32.1 Å². The molecule has 1 saturated heterocycles. The predicted octanol–water partition coefficient (Wildman–Crippen LogP) is 2.69. The Morgan fingerprint density at radius 2 is 2.29 bits per heavy atom. The van der Waals surface area contributed by atoms with Crippen LogP contribution in [-0.4, -0.2) is 43.7 Å². The summed E-state index contributed by atoms with van der Waals surface area (Å²) in [6, 6.07) is 7.72. The van der Waals surface area contributed by atoms with Crippen molar-refractivity contribution in [3.63, 3.8) is 0 Å². The lowest BCUT2D eigenvalue weighted by Crippen LogP contribution is -2.50. The van der Waals surface area contributed by atoms with Crippen LogP contribution in [0.3, 0.4) is 0 Å². The molecular formula is C16H25N3O2. The number of ether oxygens (including phenoxy) is 1. The maximum Gasteiger partial charge on any atom is 0.322 e. The zero-order valence-corrected chi connectivity index (χ0v) is 12.9. The van der Waals surface area contributed by atoms with Crippen LogP contribution in [0.15, 0.2) is 24.3 Å². The molecule has 0 radical (unpaired) electrons. The topological polar surface area (TPSA) is 53.6 Å². The van der Waals surface area contributed by atoms with Crippen molar-refractivity contribution in [1.82, 2.24) is 10.2 Å². The first-order chi connectivity index (χ1) is 10.3. The number of benzene rings is 1. The van der Waals surface area contributed by atoms with E-state index in [1.807, 2.05) is 29.2 Å². The van der Waals surface area contributed by atoms with Crippen LogP contribution < -0.4 is 15.4 Å². The molecule has 1 aliphatic heterocycles. The number of amides is 2. The summed E-state index contributed by atoms with van der Waals surface area (Å²) in [6.45, 7) is 4.79. The quantitative estimate of drug-likeness (QED) is 0.877. The van der Waals surface area contributed by atoms with Gasteiger partial charge in [0.1, 0.15) is 5.75 Å². The molecule has 0 aromatic heterocycles. The zero-order valence-electron chi connectivity index (χ0n) is 12.9. The van der Waals surface area contributed by atoms with Gasteiger partial charge in [0.05, 0.1) is 12.8 Å². The van der Waals surface area contributed by atoms with Gasteiger partial charge in [-0.2, -0.15) is 0 Å². The minimum atomic E-state index is -0.0462. The first-order valence-corrected chi connectivity index (χ1v) is 7.67. The van der Waals surface area contributed by atoms with E-state index in [2.05, 4.69) is 17.6 Å². The predicted molar refractivity (Wildman–Crippen MR) is 84.9 cm³/mol. The third kappa shape index (κ3) is 4.11. The fraction of sp³-hybridized carbons (Fsp3) is 0.562. The lowest BCUT2D eigenvalue weighted by Gasteiger charge is -2.34. The molecule has 1 aliphatic rings. The van der Waals surface area contributed by atoms with E-state index in [1.54, 1.807) is 7.11 Å². The number of para-hydroxylation sites is 2. The van der Waals surface area contributed by atoms with Crippen molar-refractivity contribution in [1.29, 1.82) is 0 Å². The SMILES string of the molecule is CCCN(C(=O)Nc1ccccc1OC)C1CCCNC1. The maximum absolute atomic E-state index is 12.6. The lowest BCUT2D eigenvalue weighted by atomic mass is 10.1. The Morgan fingerprint density at radius 3 is 2.95 bits per heavy atom. The summed E-state index contributed by atoms with van der Waals surface area (Å²) in [7, 11) is 1.61. The van der Waals surface area contributed by atoms with Crippen molar-refractivity contribution >= 4 is 11.7 Å². The molecule has 0 spiro atoms. The minimum Gasteiger partial charge on any atom is -0.495 e. The van der Waals surface area contributed by atoms with E-state index in [9.17, 15) is 4.79 Å². The van der Waals surface area contributed by atoms with Crippen molar-refractivity contribution in [2.45, 2.75) is 32.2 Å². The van der Waals surface area contributed by atoms with Crippen LogP contribution in [0.25, 0.3) is 0 Å². The standard InChI is InChI=1S/C16H25N3O2/c1-3-11-19(13-7-6-10-17-12-13)16(20)18-14-8-4-5-9-15(14)21-2/h4-5,8-9,13,17H,3,6-7,10-12H2,1-2H3,(H,18,20). The Bertz CT molecular complexity index is 459. The molecule has 0 aliphatic carbocycles. The summed E-state index contributed by atoms with van der Waals surface area (Å²) in [5.74, 6) is 0.684. The molecular weight excluding hydrogens is 266 g/mol. The molecule has 1 aromatic rings. The Balaban J connectivity index is 2.07. The number of urea groups is 1. The molecule has 1 fully saturated rings. The highest BCUT2D eigenvalue weighted by molar-refractivity contribution is 5.91. The number of hydrogen-bond donors (Lipinski definition) is 2. The number of nitrogens with zero attached hydrogens (tertiary/aromatic N) is 1. The fourth-order valence-electron chi connectivity index (χ4n) is 2.73. The number of carbonyl (C=O) groups excluding carboxylic acids is 1. The summed E-state index contributed by atoms with van der Waals surface area (Å²) in [6.07, 6.45) is 3.13. The van der Waals surface area contributed by atoms with Crippen molar-refractivity contribution in [3.05, 3.63) is 24.3 Å². The summed E-state index contributed by atoms with van der Waals surface area (Å²) in [4.78, 5) is 14.5. The van der Waals surface area contributed by atoms with Gasteiger partial charge in [-0.15, -0.1) is 0 Å². The number of methoxy groups -OCH3 is 1. The number of nitrogens with one attached hydrogen (secondary N) is 2. The third-order valence-electron chi connectivity index (χ3n) is 3.79. The van der Waals surface area contributed by atoms with Gasteiger partial charge in [0, 0.05) is 19.1 Å². The molecule has 1 aromatic carbocycles. The van der Waals surface area contributed by atoms with Gasteiger partial charge < -0.3 is 20.3 Å². The van der Waals surface area contributed by atoms with E-state index in [1.165, 1.54) is 0 Å². The molecule has 1 unspecified atom stereocenters. The zero-order chi connectivity index (χ0) is 15.1. The Labute approximate surface area is 126 Å². The molecule has 2 amide bonds. The number of rotatable bonds is 5. The van der Waals surface area contributed by atoms with Gasteiger partial charge in [-0.25, -0.2) is 4.79 Å². The first kappa shape index (κ1) is 15.6. The van der Waals surface area contributed by atoms with Gasteiger partial charge >= 0.3 is 6.03 Å². The van der Waals surface area contributed by atoms with Crippen LogP contribution in [0.1, 0.15) is 26.2 Å². The van der Waals surface area contributed by atoms with E-state index in [-0.39, 0.29) is 12.1 Å². The number of hydrogen-bond acceptors (Lipinski definition) is 3. The molecule has 116 valence electrons. The van der Waals surface area contributed by atoms with Crippen molar-refractivity contribution in [3.8, 4) is 5.75 Å². The first-order valence-electron chi connectivity index (χ1n) is 7.67. The smallest absolute Gasteiger partial charge is 0.322 e. The van der Waals surface area contributed by atoms with Crippen LogP contribution >= 0.6 is 0 Å². The molecule has 1 atom stereocenters. The van der Waals surface area contributed by atoms with E-state index < -0.39 is 0 Å². The van der Waals surface area contributed by atoms with Gasteiger partial charge in [0.15, 0.2) is 0 Å². The second-order valence-electron chi connectivity index (χ2n) is 5.32. The molecule has 2 rings (SSSR count).